The molecule has 0 bridgehead atoms. The second-order valence-electron chi connectivity index (χ2n) is 9.66. The van der Waals surface area contributed by atoms with Crippen molar-refractivity contribution in [1.29, 1.82) is 0 Å². The molecule has 0 aliphatic carbocycles. The Morgan fingerprint density at radius 1 is 1.00 bits per heavy atom. The summed E-state index contributed by atoms with van der Waals surface area (Å²) in [7, 11) is -0.450. The van der Waals surface area contributed by atoms with Gasteiger partial charge in [-0.3, -0.25) is 0 Å². The van der Waals surface area contributed by atoms with E-state index in [1.54, 1.807) is 0 Å². The zero-order valence-electron chi connectivity index (χ0n) is 16.8. The van der Waals surface area contributed by atoms with Gasteiger partial charge in [0.2, 0.25) is 0 Å². The lowest BCUT2D eigenvalue weighted by atomic mass is 9.71. The molecule has 2 heterocycles. The molecule has 0 amide bonds. The molecule has 0 radical (unpaired) electrons. The molecule has 0 saturated carbocycles. The Balaban J connectivity index is 2.14. The molecule has 5 heteroatoms. The van der Waals surface area contributed by atoms with Gasteiger partial charge in [-0.2, -0.15) is 0 Å². The van der Waals surface area contributed by atoms with Crippen LogP contribution in [0.5, 0.6) is 5.75 Å². The highest BCUT2D eigenvalue weighted by Crippen LogP contribution is 2.43. The Kier molecular flexibility index (Phi) is 4.11. The molecule has 1 N–H and O–H groups in total. The molecule has 1 saturated heterocycles. The minimum Gasteiger partial charge on any atom is -0.493 e. The van der Waals surface area contributed by atoms with Gasteiger partial charge in [0.15, 0.2) is 0 Å². The maximum Gasteiger partial charge on any atom is 0.494 e. The molecule has 1 fully saturated rings. The van der Waals surface area contributed by atoms with Gasteiger partial charge in [-0.15, -0.1) is 0 Å². The Morgan fingerprint density at radius 3 is 2.08 bits per heavy atom. The number of fused-ring (bicyclic) bond motifs is 1. The van der Waals surface area contributed by atoms with Gasteiger partial charge < -0.3 is 19.2 Å². The predicted molar refractivity (Wildman–Crippen MR) is 101 cm³/mol. The van der Waals surface area contributed by atoms with Crippen LogP contribution in [0, 0.1) is 0 Å². The van der Waals surface area contributed by atoms with Gasteiger partial charge in [-0.25, -0.2) is 0 Å². The second-order valence-corrected chi connectivity index (χ2v) is 9.66. The summed E-state index contributed by atoms with van der Waals surface area (Å²) in [6.45, 7) is 17.1. The van der Waals surface area contributed by atoms with E-state index in [2.05, 4.69) is 54.5 Å². The first-order valence-electron chi connectivity index (χ1n) is 9.14. The molecular formula is C20H31BO4. The highest BCUT2D eigenvalue weighted by atomic mass is 16.7. The zero-order chi connectivity index (χ0) is 18.8. The van der Waals surface area contributed by atoms with Crippen molar-refractivity contribution in [3.8, 4) is 5.75 Å². The van der Waals surface area contributed by atoms with Crippen LogP contribution in [0.4, 0.5) is 0 Å². The van der Waals surface area contributed by atoms with E-state index in [-0.39, 0.29) is 5.41 Å². The van der Waals surface area contributed by atoms with Gasteiger partial charge in [-0.05, 0) is 51.1 Å². The predicted octanol–water partition coefficient (Wildman–Crippen LogP) is 3.27. The standard InChI is InChI=1S/C20H31BO4/c1-17(2,3)14-11-13(21-24-18(4,5)19(6,7)25-21)12-15-16(14)23-10-9-20(15,8)22/h11-12,22H,9-10H2,1-8H3. The van der Waals surface area contributed by atoms with E-state index in [9.17, 15) is 5.11 Å². The summed E-state index contributed by atoms with van der Waals surface area (Å²) in [5.41, 5.74) is 1.03. The molecule has 2 aliphatic rings. The lowest BCUT2D eigenvalue weighted by Gasteiger charge is -2.35. The van der Waals surface area contributed by atoms with E-state index >= 15 is 0 Å². The number of hydrogen-bond acceptors (Lipinski definition) is 4. The third-order valence-electron chi connectivity index (χ3n) is 5.86. The van der Waals surface area contributed by atoms with Crippen LogP contribution in [-0.4, -0.2) is 30.0 Å². The smallest absolute Gasteiger partial charge is 0.493 e. The van der Waals surface area contributed by atoms with Crippen molar-refractivity contribution < 1.29 is 19.2 Å². The van der Waals surface area contributed by atoms with Crippen LogP contribution < -0.4 is 10.2 Å². The number of rotatable bonds is 1. The lowest BCUT2D eigenvalue weighted by molar-refractivity contribution is 0.00578. The topological polar surface area (TPSA) is 47.9 Å². The van der Waals surface area contributed by atoms with E-state index in [1.165, 1.54) is 0 Å². The van der Waals surface area contributed by atoms with E-state index in [0.29, 0.717) is 13.0 Å². The molecule has 1 atom stereocenters. The van der Waals surface area contributed by atoms with Crippen LogP contribution >= 0.6 is 0 Å². The monoisotopic (exact) mass is 346 g/mol. The van der Waals surface area contributed by atoms with Gasteiger partial charge in [-0.1, -0.05) is 32.9 Å². The van der Waals surface area contributed by atoms with Crippen LogP contribution in [0.15, 0.2) is 12.1 Å². The fraction of sp³-hybridized carbons (Fsp3) is 0.700. The van der Waals surface area contributed by atoms with Crippen molar-refractivity contribution in [2.24, 2.45) is 0 Å². The lowest BCUT2D eigenvalue weighted by Crippen LogP contribution is -2.41. The molecule has 25 heavy (non-hydrogen) atoms. The summed E-state index contributed by atoms with van der Waals surface area (Å²) < 4.78 is 18.4. The molecule has 2 aliphatic heterocycles. The SMILES string of the molecule is CC(C)(C)c1cc(B2OC(C)(C)C(C)(C)O2)cc2c1OCCC2(C)O. The van der Waals surface area contributed by atoms with Gasteiger partial charge >= 0.3 is 7.12 Å². The molecule has 1 aromatic carbocycles. The van der Waals surface area contributed by atoms with Crippen molar-refractivity contribution in [3.05, 3.63) is 23.3 Å². The summed E-state index contributed by atoms with van der Waals surface area (Å²) in [5, 5.41) is 10.9. The quantitative estimate of drug-likeness (QED) is 0.793. The normalized spacial score (nSPS) is 27.8. The number of benzene rings is 1. The van der Waals surface area contributed by atoms with Crippen molar-refractivity contribution in [3.63, 3.8) is 0 Å². The third-order valence-corrected chi connectivity index (χ3v) is 5.86. The average molecular weight is 346 g/mol. The van der Waals surface area contributed by atoms with Crippen LogP contribution in [0.25, 0.3) is 0 Å². The van der Waals surface area contributed by atoms with Gasteiger partial charge in [0, 0.05) is 12.0 Å². The van der Waals surface area contributed by atoms with Crippen molar-refractivity contribution in [2.75, 3.05) is 6.61 Å². The minimum atomic E-state index is -0.909. The first-order chi connectivity index (χ1) is 11.2. The first-order valence-corrected chi connectivity index (χ1v) is 9.14. The van der Waals surface area contributed by atoms with Crippen LogP contribution in [0.3, 0.4) is 0 Å². The summed E-state index contributed by atoms with van der Waals surface area (Å²) in [4.78, 5) is 0. The van der Waals surface area contributed by atoms with Crippen molar-refractivity contribution in [2.45, 2.75) is 84.0 Å². The summed E-state index contributed by atoms with van der Waals surface area (Å²) >= 11 is 0. The summed E-state index contributed by atoms with van der Waals surface area (Å²) in [6.07, 6.45) is 0.580. The van der Waals surface area contributed by atoms with E-state index in [4.69, 9.17) is 14.0 Å². The van der Waals surface area contributed by atoms with Crippen LogP contribution in [0.2, 0.25) is 0 Å². The first kappa shape index (κ1) is 18.7. The molecule has 0 spiro atoms. The van der Waals surface area contributed by atoms with Gasteiger partial charge in [0.1, 0.15) is 5.75 Å². The number of hydrogen-bond donors (Lipinski definition) is 1. The van der Waals surface area contributed by atoms with Crippen molar-refractivity contribution >= 4 is 12.6 Å². The minimum absolute atomic E-state index is 0.114. The van der Waals surface area contributed by atoms with Crippen LogP contribution in [-0.2, 0) is 20.3 Å². The second kappa shape index (κ2) is 5.48. The van der Waals surface area contributed by atoms with E-state index < -0.39 is 23.9 Å². The Morgan fingerprint density at radius 2 is 1.56 bits per heavy atom. The van der Waals surface area contributed by atoms with Gasteiger partial charge in [0.25, 0.3) is 0 Å². The molecule has 3 rings (SSSR count). The highest BCUT2D eigenvalue weighted by molar-refractivity contribution is 6.62. The Labute approximate surface area is 152 Å². The molecule has 138 valence electrons. The number of aliphatic hydroxyl groups is 1. The average Bonchev–Trinajstić information content (AvgIpc) is 2.65. The molecule has 1 aromatic rings. The van der Waals surface area contributed by atoms with E-state index in [1.807, 2.05) is 13.0 Å². The third kappa shape index (κ3) is 3.11. The maximum atomic E-state index is 10.9. The molecular weight excluding hydrogens is 315 g/mol. The Hall–Kier alpha value is -1.04. The fourth-order valence-corrected chi connectivity index (χ4v) is 3.37. The molecule has 0 aromatic heterocycles. The fourth-order valence-electron chi connectivity index (χ4n) is 3.37. The highest BCUT2D eigenvalue weighted by Gasteiger charge is 2.52. The van der Waals surface area contributed by atoms with Crippen LogP contribution in [0.1, 0.15) is 72.9 Å². The number of ether oxygens (including phenoxy) is 1. The Bertz CT molecular complexity index is 652. The molecule has 1 unspecified atom stereocenters. The largest absolute Gasteiger partial charge is 0.494 e. The van der Waals surface area contributed by atoms with E-state index in [0.717, 1.165) is 22.3 Å². The van der Waals surface area contributed by atoms with Crippen molar-refractivity contribution in [1.82, 2.24) is 0 Å². The molecule has 4 nitrogen and oxygen atoms in total. The summed E-state index contributed by atoms with van der Waals surface area (Å²) in [6, 6.07) is 4.11. The zero-order valence-corrected chi connectivity index (χ0v) is 16.8. The summed E-state index contributed by atoms with van der Waals surface area (Å²) in [5.74, 6) is 0.809. The maximum absolute atomic E-state index is 10.9. The van der Waals surface area contributed by atoms with Gasteiger partial charge in [0.05, 0.1) is 23.4 Å².